The molecule has 0 radical (unpaired) electrons. The summed E-state index contributed by atoms with van der Waals surface area (Å²) in [6, 6.07) is 6.91. The van der Waals surface area contributed by atoms with Crippen molar-refractivity contribution >= 4 is 29.2 Å². The van der Waals surface area contributed by atoms with Crippen molar-refractivity contribution in [2.45, 2.75) is 44.1 Å². The van der Waals surface area contributed by atoms with Crippen molar-refractivity contribution in [3.8, 4) is 0 Å². The van der Waals surface area contributed by atoms with Crippen LogP contribution in [0, 0.1) is 17.3 Å². The number of rotatable bonds is 4. The van der Waals surface area contributed by atoms with Crippen LogP contribution in [0.25, 0.3) is 0 Å². The van der Waals surface area contributed by atoms with Crippen molar-refractivity contribution in [1.82, 2.24) is 0 Å². The van der Waals surface area contributed by atoms with E-state index in [1.54, 1.807) is 24.3 Å². The van der Waals surface area contributed by atoms with Gasteiger partial charge in [0, 0.05) is 0 Å². The van der Waals surface area contributed by atoms with Crippen LogP contribution < -0.4 is 5.32 Å². The second kappa shape index (κ2) is 5.99. The second-order valence-corrected chi connectivity index (χ2v) is 8.48. The zero-order valence-corrected chi connectivity index (χ0v) is 14.7. The number of hydrogen-bond donors (Lipinski definition) is 2. The summed E-state index contributed by atoms with van der Waals surface area (Å²) in [5, 5.41) is 13.8. The number of amides is 1. The first-order chi connectivity index (χ1) is 11.9. The number of carbonyl (C=O) groups is 2. The predicted molar refractivity (Wildman–Crippen MR) is 93.1 cm³/mol. The number of anilines is 1. The lowest BCUT2D eigenvalue weighted by Crippen LogP contribution is -2.58. The molecule has 2 N–H and O–H groups in total. The summed E-state index contributed by atoms with van der Waals surface area (Å²) >= 11 is 6.01. The van der Waals surface area contributed by atoms with Crippen LogP contribution in [-0.4, -0.2) is 29.2 Å². The van der Waals surface area contributed by atoms with Gasteiger partial charge >= 0.3 is 5.97 Å². The number of nitrogens with one attached hydrogen (secondary N) is 1. The summed E-state index contributed by atoms with van der Waals surface area (Å²) in [6.45, 7) is -0.334. The minimum Gasteiger partial charge on any atom is -0.455 e. The standard InChI is InChI=1S/C19H22ClNO4/c20-14-3-1-2-4-15(14)21-16(22)10-25-17(23)18-6-12-5-13(7-18)9-19(24,8-12)11-18/h1-4,12-13,24H,5-11H2,(H,21,22)/t12-,13-,18?,19?/m1/s1. The van der Waals surface area contributed by atoms with Gasteiger partial charge in [0.25, 0.3) is 5.91 Å². The summed E-state index contributed by atoms with van der Waals surface area (Å²) in [7, 11) is 0. The van der Waals surface area contributed by atoms with E-state index in [-0.39, 0.29) is 12.6 Å². The number of para-hydroxylation sites is 1. The Morgan fingerprint density at radius 2 is 1.88 bits per heavy atom. The minimum atomic E-state index is -0.719. The summed E-state index contributed by atoms with van der Waals surface area (Å²) < 4.78 is 5.34. The molecule has 4 bridgehead atoms. The molecule has 4 saturated carbocycles. The molecule has 0 saturated heterocycles. The van der Waals surface area contributed by atoms with Gasteiger partial charge in [-0.05, 0) is 62.5 Å². The first-order valence-electron chi connectivity index (χ1n) is 8.82. The molecule has 0 aliphatic heterocycles. The fourth-order valence-corrected chi connectivity index (χ4v) is 5.67. The third-order valence-corrected chi connectivity index (χ3v) is 6.28. The molecule has 4 fully saturated rings. The molecule has 0 unspecified atom stereocenters. The van der Waals surface area contributed by atoms with Gasteiger partial charge < -0.3 is 15.2 Å². The average molecular weight is 364 g/mol. The molecule has 25 heavy (non-hydrogen) atoms. The van der Waals surface area contributed by atoms with E-state index in [0.717, 1.165) is 32.1 Å². The Labute approximate surface area is 151 Å². The maximum Gasteiger partial charge on any atom is 0.312 e. The zero-order chi connectivity index (χ0) is 17.7. The highest BCUT2D eigenvalue weighted by Gasteiger charge is 2.60. The Hall–Kier alpha value is -1.59. The van der Waals surface area contributed by atoms with Crippen LogP contribution in [0.3, 0.4) is 0 Å². The van der Waals surface area contributed by atoms with E-state index in [2.05, 4.69) is 5.32 Å². The molecular formula is C19H22ClNO4. The van der Waals surface area contributed by atoms with E-state index in [9.17, 15) is 14.7 Å². The van der Waals surface area contributed by atoms with Crippen molar-refractivity contribution in [2.24, 2.45) is 17.3 Å². The van der Waals surface area contributed by atoms with E-state index in [4.69, 9.17) is 16.3 Å². The monoisotopic (exact) mass is 363 g/mol. The molecule has 0 aromatic heterocycles. The van der Waals surface area contributed by atoms with Gasteiger partial charge in [-0.3, -0.25) is 9.59 Å². The van der Waals surface area contributed by atoms with E-state index in [1.807, 2.05) is 0 Å². The van der Waals surface area contributed by atoms with Gasteiger partial charge in [-0.1, -0.05) is 23.7 Å². The normalized spacial score (nSPS) is 35.4. The fraction of sp³-hybridized carbons (Fsp3) is 0.579. The number of benzene rings is 1. The zero-order valence-electron chi connectivity index (χ0n) is 14.0. The van der Waals surface area contributed by atoms with E-state index < -0.39 is 16.9 Å². The van der Waals surface area contributed by atoms with Gasteiger partial charge in [-0.25, -0.2) is 0 Å². The summed E-state index contributed by atoms with van der Waals surface area (Å²) in [5.74, 6) is 0.0470. The molecule has 4 aliphatic carbocycles. The molecule has 1 aromatic carbocycles. The minimum absolute atomic E-state index is 0.334. The Balaban J connectivity index is 1.38. The van der Waals surface area contributed by atoms with Gasteiger partial charge in [0.1, 0.15) is 0 Å². The van der Waals surface area contributed by atoms with Gasteiger partial charge in [0.05, 0.1) is 21.7 Å². The number of halogens is 1. The van der Waals surface area contributed by atoms with Crippen molar-refractivity contribution in [1.29, 1.82) is 0 Å². The molecule has 2 atom stereocenters. The lowest BCUT2D eigenvalue weighted by atomic mass is 9.48. The lowest BCUT2D eigenvalue weighted by molar-refractivity contribution is -0.196. The smallest absolute Gasteiger partial charge is 0.312 e. The molecule has 4 aliphatic rings. The number of esters is 1. The third kappa shape index (κ3) is 3.15. The Kier molecular flexibility index (Phi) is 4.04. The van der Waals surface area contributed by atoms with Crippen LogP contribution >= 0.6 is 11.6 Å². The van der Waals surface area contributed by atoms with Crippen molar-refractivity contribution in [2.75, 3.05) is 11.9 Å². The van der Waals surface area contributed by atoms with E-state index >= 15 is 0 Å². The summed E-state index contributed by atoms with van der Waals surface area (Å²) in [4.78, 5) is 24.8. The molecule has 5 rings (SSSR count). The molecular weight excluding hydrogens is 342 g/mol. The summed E-state index contributed by atoms with van der Waals surface area (Å²) in [6.07, 6.45) is 4.72. The lowest BCUT2D eigenvalue weighted by Gasteiger charge is -2.58. The van der Waals surface area contributed by atoms with E-state index in [0.29, 0.717) is 29.0 Å². The molecule has 6 heteroatoms. The van der Waals surface area contributed by atoms with Crippen molar-refractivity contribution in [3.05, 3.63) is 29.3 Å². The van der Waals surface area contributed by atoms with Gasteiger partial charge in [-0.15, -0.1) is 0 Å². The number of aliphatic hydroxyl groups is 1. The molecule has 0 spiro atoms. The highest BCUT2D eigenvalue weighted by atomic mass is 35.5. The van der Waals surface area contributed by atoms with Crippen molar-refractivity contribution in [3.63, 3.8) is 0 Å². The Bertz CT molecular complexity index is 705. The largest absolute Gasteiger partial charge is 0.455 e. The molecule has 1 aromatic rings. The van der Waals surface area contributed by atoms with Crippen LogP contribution in [0.2, 0.25) is 5.02 Å². The second-order valence-electron chi connectivity index (χ2n) is 8.07. The summed E-state index contributed by atoms with van der Waals surface area (Å²) in [5.41, 5.74) is -0.832. The third-order valence-electron chi connectivity index (χ3n) is 5.95. The maximum absolute atomic E-state index is 12.7. The Morgan fingerprint density at radius 3 is 2.52 bits per heavy atom. The number of hydrogen-bond acceptors (Lipinski definition) is 4. The number of carbonyl (C=O) groups excluding carboxylic acids is 2. The highest BCUT2D eigenvalue weighted by Crippen LogP contribution is 2.61. The fourth-order valence-electron chi connectivity index (χ4n) is 5.49. The van der Waals surface area contributed by atoms with Crippen LogP contribution in [0.4, 0.5) is 5.69 Å². The van der Waals surface area contributed by atoms with E-state index in [1.165, 1.54) is 0 Å². The predicted octanol–water partition coefficient (Wildman–Crippen LogP) is 3.15. The highest BCUT2D eigenvalue weighted by molar-refractivity contribution is 6.33. The molecule has 134 valence electrons. The van der Waals surface area contributed by atoms with Crippen molar-refractivity contribution < 1.29 is 19.4 Å². The molecule has 1 amide bonds. The first kappa shape index (κ1) is 16.9. The SMILES string of the molecule is O=C(COC(=O)C12C[C@H]3C[C@@H](CC(O)(C3)C1)C2)Nc1ccccc1Cl. The molecule has 5 nitrogen and oxygen atoms in total. The topological polar surface area (TPSA) is 75.6 Å². The number of ether oxygens (including phenoxy) is 1. The average Bonchev–Trinajstić information content (AvgIpc) is 2.52. The Morgan fingerprint density at radius 1 is 1.20 bits per heavy atom. The van der Waals surface area contributed by atoms with Crippen LogP contribution in [0.15, 0.2) is 24.3 Å². The maximum atomic E-state index is 12.7. The first-order valence-corrected chi connectivity index (χ1v) is 9.19. The van der Waals surface area contributed by atoms with Gasteiger partial charge in [0.15, 0.2) is 6.61 Å². The quantitative estimate of drug-likeness (QED) is 0.806. The van der Waals surface area contributed by atoms with Crippen LogP contribution in [0.1, 0.15) is 38.5 Å². The van der Waals surface area contributed by atoms with Crippen LogP contribution in [-0.2, 0) is 14.3 Å². The molecule has 0 heterocycles. The van der Waals surface area contributed by atoms with Crippen LogP contribution in [0.5, 0.6) is 0 Å². The van der Waals surface area contributed by atoms with Gasteiger partial charge in [0.2, 0.25) is 0 Å². The van der Waals surface area contributed by atoms with Gasteiger partial charge in [-0.2, -0.15) is 0 Å².